The maximum absolute atomic E-state index is 12.7. The highest BCUT2D eigenvalue weighted by molar-refractivity contribution is 7.98. The molecular weight excluding hydrogens is 394 g/mol. The Morgan fingerprint density at radius 3 is 2.40 bits per heavy atom. The molecule has 0 atom stereocenters. The zero-order valence-corrected chi connectivity index (χ0v) is 18.7. The smallest absolute Gasteiger partial charge is 0.268 e. The fourth-order valence-corrected chi connectivity index (χ4v) is 3.82. The van der Waals surface area contributed by atoms with Crippen LogP contribution in [0.1, 0.15) is 43.2 Å². The number of benzene rings is 1. The standard InChI is InChI=1S/C23H25N5OS/c1-14-6-7-15(13-24-14)12-18-20-25-19(26-22(30-5)28(20)27-21(18)29)16-8-10-17(11-9-16)23(2,3)4/h6-11,13H,12H2,1-5H3,(H,27,29). The van der Waals surface area contributed by atoms with Crippen molar-refractivity contribution < 1.29 is 0 Å². The van der Waals surface area contributed by atoms with Crippen molar-refractivity contribution in [3.63, 3.8) is 0 Å². The Hall–Kier alpha value is -2.93. The molecule has 4 aromatic rings. The van der Waals surface area contributed by atoms with Gasteiger partial charge in [0.25, 0.3) is 5.56 Å². The lowest BCUT2D eigenvalue weighted by atomic mass is 9.87. The topological polar surface area (TPSA) is 75.9 Å². The SMILES string of the molecule is CSc1nc(-c2ccc(C(C)(C)C)cc2)nc2c(Cc3ccc(C)nc3)c(=O)[nH]n12. The summed E-state index contributed by atoms with van der Waals surface area (Å²) in [5, 5.41) is 3.58. The predicted molar refractivity (Wildman–Crippen MR) is 121 cm³/mol. The van der Waals surface area contributed by atoms with E-state index in [1.54, 1.807) is 10.7 Å². The van der Waals surface area contributed by atoms with Crippen molar-refractivity contribution >= 4 is 17.4 Å². The number of aromatic nitrogens is 5. The first kappa shape index (κ1) is 20.3. The van der Waals surface area contributed by atoms with Crippen molar-refractivity contribution in [3.8, 4) is 11.4 Å². The minimum absolute atomic E-state index is 0.0803. The van der Waals surface area contributed by atoms with E-state index in [2.05, 4.69) is 48.0 Å². The van der Waals surface area contributed by atoms with Crippen molar-refractivity contribution in [2.45, 2.75) is 44.7 Å². The van der Waals surface area contributed by atoms with Gasteiger partial charge >= 0.3 is 0 Å². The summed E-state index contributed by atoms with van der Waals surface area (Å²) in [5.41, 5.74) is 5.25. The van der Waals surface area contributed by atoms with Crippen LogP contribution in [0.5, 0.6) is 0 Å². The second-order valence-corrected chi connectivity index (χ2v) is 9.20. The molecule has 0 spiro atoms. The van der Waals surface area contributed by atoms with Gasteiger partial charge in [0.1, 0.15) is 0 Å². The van der Waals surface area contributed by atoms with Gasteiger partial charge in [0.05, 0.1) is 5.56 Å². The average Bonchev–Trinajstić information content (AvgIpc) is 3.03. The Balaban J connectivity index is 1.82. The van der Waals surface area contributed by atoms with E-state index in [9.17, 15) is 4.79 Å². The van der Waals surface area contributed by atoms with Gasteiger partial charge in [0, 0.05) is 23.9 Å². The van der Waals surface area contributed by atoms with E-state index in [4.69, 9.17) is 4.98 Å². The molecule has 0 fully saturated rings. The van der Waals surface area contributed by atoms with Crippen LogP contribution in [0, 0.1) is 6.92 Å². The third-order valence-corrected chi connectivity index (χ3v) is 5.76. The average molecular weight is 420 g/mol. The molecule has 0 saturated heterocycles. The Morgan fingerprint density at radius 2 is 1.80 bits per heavy atom. The number of hydrogen-bond donors (Lipinski definition) is 1. The van der Waals surface area contributed by atoms with E-state index >= 15 is 0 Å². The van der Waals surface area contributed by atoms with Gasteiger partial charge in [0.2, 0.25) is 0 Å². The van der Waals surface area contributed by atoms with E-state index in [1.807, 2.05) is 37.4 Å². The van der Waals surface area contributed by atoms with E-state index in [0.29, 0.717) is 28.6 Å². The maximum Gasteiger partial charge on any atom is 0.270 e. The molecule has 0 aliphatic rings. The van der Waals surface area contributed by atoms with Crippen molar-refractivity contribution in [2.24, 2.45) is 0 Å². The summed E-state index contributed by atoms with van der Waals surface area (Å²) in [4.78, 5) is 26.5. The van der Waals surface area contributed by atoms with E-state index < -0.39 is 0 Å². The van der Waals surface area contributed by atoms with Gasteiger partial charge in [-0.3, -0.25) is 14.9 Å². The number of aryl methyl sites for hydroxylation is 1. The molecule has 0 aliphatic carbocycles. The van der Waals surface area contributed by atoms with E-state index in [0.717, 1.165) is 16.8 Å². The Morgan fingerprint density at radius 1 is 1.07 bits per heavy atom. The van der Waals surface area contributed by atoms with Gasteiger partial charge in [-0.1, -0.05) is 62.9 Å². The minimum Gasteiger partial charge on any atom is -0.268 e. The summed E-state index contributed by atoms with van der Waals surface area (Å²) in [6.45, 7) is 8.51. The number of thioether (sulfide) groups is 1. The summed E-state index contributed by atoms with van der Waals surface area (Å²) in [6.07, 6.45) is 4.21. The fraction of sp³-hybridized carbons (Fsp3) is 0.304. The van der Waals surface area contributed by atoms with Gasteiger partial charge in [-0.05, 0) is 35.8 Å². The van der Waals surface area contributed by atoms with Gasteiger partial charge in [-0.25, -0.2) is 14.5 Å². The molecule has 1 aromatic carbocycles. The summed E-state index contributed by atoms with van der Waals surface area (Å²) < 4.78 is 1.68. The summed E-state index contributed by atoms with van der Waals surface area (Å²) in [5.74, 6) is 0.613. The Kier molecular flexibility index (Phi) is 5.24. The molecule has 0 bridgehead atoms. The van der Waals surface area contributed by atoms with Crippen LogP contribution < -0.4 is 5.56 Å². The summed E-state index contributed by atoms with van der Waals surface area (Å²) in [6, 6.07) is 12.3. The second-order valence-electron chi connectivity index (χ2n) is 8.42. The summed E-state index contributed by atoms with van der Waals surface area (Å²) in [7, 11) is 0. The predicted octanol–water partition coefficient (Wildman–Crippen LogP) is 4.40. The first-order valence-electron chi connectivity index (χ1n) is 9.84. The number of H-pyrrole nitrogens is 1. The minimum atomic E-state index is -0.152. The number of fused-ring (bicyclic) bond motifs is 1. The molecule has 4 rings (SSSR count). The van der Waals surface area contributed by atoms with Gasteiger partial charge in [0.15, 0.2) is 16.6 Å². The van der Waals surface area contributed by atoms with Crippen LogP contribution in [-0.4, -0.2) is 30.8 Å². The summed E-state index contributed by atoms with van der Waals surface area (Å²) >= 11 is 1.47. The fourth-order valence-electron chi connectivity index (χ4n) is 3.33. The van der Waals surface area contributed by atoms with Gasteiger partial charge in [-0.2, -0.15) is 0 Å². The molecule has 7 heteroatoms. The van der Waals surface area contributed by atoms with Crippen LogP contribution in [0.25, 0.3) is 17.0 Å². The Labute approximate surface area is 179 Å². The maximum atomic E-state index is 12.7. The molecule has 30 heavy (non-hydrogen) atoms. The number of nitrogens with zero attached hydrogens (tertiary/aromatic N) is 4. The lowest BCUT2D eigenvalue weighted by molar-refractivity contribution is 0.590. The lowest BCUT2D eigenvalue weighted by Gasteiger charge is -2.19. The number of hydrogen-bond acceptors (Lipinski definition) is 5. The highest BCUT2D eigenvalue weighted by atomic mass is 32.2. The van der Waals surface area contributed by atoms with Crippen LogP contribution >= 0.6 is 11.8 Å². The van der Waals surface area contributed by atoms with Gasteiger partial charge in [-0.15, -0.1) is 0 Å². The molecule has 0 amide bonds. The van der Waals surface area contributed by atoms with Crippen LogP contribution in [0.2, 0.25) is 0 Å². The molecule has 0 aliphatic heterocycles. The number of pyridine rings is 1. The molecule has 0 unspecified atom stereocenters. The van der Waals surface area contributed by atoms with E-state index in [-0.39, 0.29) is 11.0 Å². The first-order valence-corrected chi connectivity index (χ1v) is 11.1. The highest BCUT2D eigenvalue weighted by Crippen LogP contribution is 2.26. The molecule has 0 saturated carbocycles. The van der Waals surface area contributed by atoms with Crippen LogP contribution in [0.15, 0.2) is 52.5 Å². The monoisotopic (exact) mass is 419 g/mol. The molecule has 154 valence electrons. The Bertz CT molecular complexity index is 1250. The first-order chi connectivity index (χ1) is 14.3. The normalized spacial score (nSPS) is 11.9. The van der Waals surface area contributed by atoms with Crippen LogP contribution in [-0.2, 0) is 11.8 Å². The third-order valence-electron chi connectivity index (χ3n) is 5.12. The zero-order chi connectivity index (χ0) is 21.5. The molecule has 1 N–H and O–H groups in total. The number of nitrogens with one attached hydrogen (secondary N) is 1. The molecule has 0 radical (unpaired) electrons. The molecule has 3 aromatic heterocycles. The largest absolute Gasteiger partial charge is 0.270 e. The number of rotatable bonds is 4. The second kappa shape index (κ2) is 7.72. The van der Waals surface area contributed by atoms with Gasteiger partial charge < -0.3 is 0 Å². The number of aromatic amines is 1. The van der Waals surface area contributed by atoms with Crippen LogP contribution in [0.4, 0.5) is 0 Å². The quantitative estimate of drug-likeness (QED) is 0.496. The van der Waals surface area contributed by atoms with Crippen LogP contribution in [0.3, 0.4) is 0 Å². The van der Waals surface area contributed by atoms with Crippen molar-refractivity contribution in [1.82, 2.24) is 24.6 Å². The van der Waals surface area contributed by atoms with E-state index in [1.165, 1.54) is 17.3 Å². The molecule has 6 nitrogen and oxygen atoms in total. The van der Waals surface area contributed by atoms with Crippen molar-refractivity contribution in [2.75, 3.05) is 6.26 Å². The third kappa shape index (κ3) is 3.89. The molecule has 3 heterocycles. The van der Waals surface area contributed by atoms with Crippen molar-refractivity contribution in [3.05, 3.63) is 75.3 Å². The van der Waals surface area contributed by atoms with Crippen molar-refractivity contribution in [1.29, 1.82) is 0 Å². The highest BCUT2D eigenvalue weighted by Gasteiger charge is 2.18. The lowest BCUT2D eigenvalue weighted by Crippen LogP contribution is -2.10. The molecular formula is C23H25N5OS. The zero-order valence-electron chi connectivity index (χ0n) is 17.9.